The van der Waals surface area contributed by atoms with Gasteiger partial charge >= 0.3 is 0 Å². The van der Waals surface area contributed by atoms with Crippen molar-refractivity contribution in [2.45, 2.75) is 20.4 Å². The van der Waals surface area contributed by atoms with Gasteiger partial charge in [0.1, 0.15) is 6.07 Å². The van der Waals surface area contributed by atoms with E-state index in [0.717, 1.165) is 17.0 Å². The topological polar surface area (TPSA) is 104 Å². The van der Waals surface area contributed by atoms with Gasteiger partial charge in [-0.1, -0.05) is 30.3 Å². The maximum Gasteiger partial charge on any atom is 0.266 e. The fraction of sp³-hybridized carbons (Fsp3) is 0.280. The summed E-state index contributed by atoms with van der Waals surface area (Å²) in [6.07, 6.45) is 1.53. The number of nitrogens with zero attached hydrogens (tertiary/aromatic N) is 6. The number of anilines is 1. The summed E-state index contributed by atoms with van der Waals surface area (Å²) in [5.41, 5.74) is 3.58. The Balaban J connectivity index is 1.29. The van der Waals surface area contributed by atoms with E-state index in [1.807, 2.05) is 58.7 Å². The molecule has 0 aliphatic carbocycles. The van der Waals surface area contributed by atoms with E-state index in [-0.39, 0.29) is 17.5 Å². The number of hydrogen-bond acceptors (Lipinski definition) is 7. The molecule has 0 atom stereocenters. The van der Waals surface area contributed by atoms with Crippen LogP contribution in [-0.4, -0.2) is 51.8 Å². The van der Waals surface area contributed by atoms with Crippen molar-refractivity contribution in [2.24, 2.45) is 0 Å². The average molecular weight is 457 g/mol. The van der Waals surface area contributed by atoms with Crippen molar-refractivity contribution < 1.29 is 13.6 Å². The normalized spacial score (nSPS) is 13.8. The molecule has 1 amide bonds. The molecule has 1 aliphatic heterocycles. The number of nitriles is 1. The fourth-order valence-corrected chi connectivity index (χ4v) is 4.29. The molecule has 5 rings (SSSR count). The molecular weight excluding hydrogens is 432 g/mol. The van der Waals surface area contributed by atoms with E-state index in [1.165, 1.54) is 6.26 Å². The summed E-state index contributed by atoms with van der Waals surface area (Å²) in [4.78, 5) is 21.4. The molecule has 0 N–H and O–H groups in total. The average Bonchev–Trinajstić information content (AvgIpc) is 3.59. The van der Waals surface area contributed by atoms with Gasteiger partial charge in [0.25, 0.3) is 11.8 Å². The van der Waals surface area contributed by atoms with E-state index in [0.29, 0.717) is 49.9 Å². The van der Waals surface area contributed by atoms with Gasteiger partial charge in [0.05, 0.1) is 24.1 Å². The lowest BCUT2D eigenvalue weighted by Gasteiger charge is -2.34. The SMILES string of the molecule is Cc1nn(Cc2ccccc2)c(C)c1C(=O)N1CCN(c2oc(-c3ccco3)nc2C#N)CC1. The molecule has 0 unspecified atom stereocenters. The zero-order valence-electron chi connectivity index (χ0n) is 19.1. The van der Waals surface area contributed by atoms with E-state index in [9.17, 15) is 10.1 Å². The Kier molecular flexibility index (Phi) is 5.64. The van der Waals surface area contributed by atoms with Gasteiger partial charge in [0, 0.05) is 31.9 Å². The van der Waals surface area contributed by atoms with Gasteiger partial charge < -0.3 is 18.6 Å². The first-order valence-corrected chi connectivity index (χ1v) is 11.1. The third-order valence-corrected chi connectivity index (χ3v) is 6.07. The first-order chi connectivity index (χ1) is 16.5. The van der Waals surface area contributed by atoms with Crippen LogP contribution in [0.15, 0.2) is 57.6 Å². The van der Waals surface area contributed by atoms with Crippen LogP contribution in [-0.2, 0) is 6.54 Å². The number of aryl methyl sites for hydroxylation is 1. The quantitative estimate of drug-likeness (QED) is 0.452. The molecule has 34 heavy (non-hydrogen) atoms. The molecule has 172 valence electrons. The highest BCUT2D eigenvalue weighted by molar-refractivity contribution is 5.96. The number of aromatic nitrogens is 3. The lowest BCUT2D eigenvalue weighted by atomic mass is 10.1. The molecule has 1 saturated heterocycles. The number of amides is 1. The predicted molar refractivity (Wildman–Crippen MR) is 124 cm³/mol. The van der Waals surface area contributed by atoms with Crippen LogP contribution in [0.4, 0.5) is 5.88 Å². The number of furan rings is 1. The van der Waals surface area contributed by atoms with Crippen molar-refractivity contribution in [2.75, 3.05) is 31.1 Å². The highest BCUT2D eigenvalue weighted by Crippen LogP contribution is 2.29. The summed E-state index contributed by atoms with van der Waals surface area (Å²) in [5.74, 6) is 1.12. The Labute approximate surface area is 196 Å². The number of oxazole rings is 1. The molecule has 9 heteroatoms. The lowest BCUT2D eigenvalue weighted by molar-refractivity contribution is 0.0743. The summed E-state index contributed by atoms with van der Waals surface area (Å²) in [6.45, 7) is 6.51. The van der Waals surface area contributed by atoms with Crippen molar-refractivity contribution in [3.8, 4) is 17.7 Å². The Morgan fingerprint density at radius 1 is 1.09 bits per heavy atom. The molecule has 4 heterocycles. The van der Waals surface area contributed by atoms with Crippen LogP contribution < -0.4 is 4.90 Å². The molecule has 0 radical (unpaired) electrons. The second kappa shape index (κ2) is 8.90. The van der Waals surface area contributed by atoms with Crippen molar-refractivity contribution >= 4 is 11.8 Å². The van der Waals surface area contributed by atoms with Crippen LogP contribution in [0.2, 0.25) is 0 Å². The van der Waals surface area contributed by atoms with Gasteiger partial charge in [-0.05, 0) is 31.5 Å². The minimum Gasteiger partial charge on any atom is -0.459 e. The molecular formula is C25H24N6O3. The van der Waals surface area contributed by atoms with Crippen molar-refractivity contribution in [1.29, 1.82) is 5.26 Å². The van der Waals surface area contributed by atoms with Crippen LogP contribution in [0.3, 0.4) is 0 Å². The smallest absolute Gasteiger partial charge is 0.266 e. The van der Waals surface area contributed by atoms with Crippen LogP contribution in [0, 0.1) is 25.2 Å². The third kappa shape index (κ3) is 3.94. The first kappa shape index (κ1) is 21.5. The molecule has 4 aromatic rings. The Morgan fingerprint density at radius 2 is 1.85 bits per heavy atom. The van der Waals surface area contributed by atoms with Gasteiger partial charge in [-0.25, -0.2) is 0 Å². The number of piperazine rings is 1. The van der Waals surface area contributed by atoms with Crippen LogP contribution in [0.25, 0.3) is 11.7 Å². The van der Waals surface area contributed by atoms with E-state index in [2.05, 4.69) is 16.2 Å². The van der Waals surface area contributed by atoms with Gasteiger partial charge in [-0.2, -0.15) is 15.3 Å². The van der Waals surface area contributed by atoms with Crippen LogP contribution >= 0.6 is 0 Å². The maximum atomic E-state index is 13.4. The summed E-state index contributed by atoms with van der Waals surface area (Å²) in [6, 6.07) is 15.6. The summed E-state index contributed by atoms with van der Waals surface area (Å²) in [5, 5.41) is 14.1. The van der Waals surface area contributed by atoms with E-state index >= 15 is 0 Å². The van der Waals surface area contributed by atoms with Crippen LogP contribution in [0.5, 0.6) is 0 Å². The monoisotopic (exact) mass is 456 g/mol. The first-order valence-electron chi connectivity index (χ1n) is 11.1. The zero-order chi connectivity index (χ0) is 23.7. The van der Waals surface area contributed by atoms with Crippen molar-refractivity contribution in [3.05, 3.63) is 76.9 Å². The van der Waals surface area contributed by atoms with Gasteiger partial charge in [-0.15, -0.1) is 0 Å². The predicted octanol–water partition coefficient (Wildman–Crippen LogP) is 3.63. The second-order valence-electron chi connectivity index (χ2n) is 8.23. The lowest BCUT2D eigenvalue weighted by Crippen LogP contribution is -2.49. The maximum absolute atomic E-state index is 13.4. The highest BCUT2D eigenvalue weighted by Gasteiger charge is 2.30. The molecule has 0 spiro atoms. The number of hydrogen-bond donors (Lipinski definition) is 0. The summed E-state index contributed by atoms with van der Waals surface area (Å²) in [7, 11) is 0. The molecule has 3 aromatic heterocycles. The molecule has 0 saturated carbocycles. The number of benzene rings is 1. The molecule has 1 fully saturated rings. The Morgan fingerprint density at radius 3 is 2.53 bits per heavy atom. The second-order valence-corrected chi connectivity index (χ2v) is 8.23. The van der Waals surface area contributed by atoms with Gasteiger partial charge in [0.15, 0.2) is 5.76 Å². The van der Waals surface area contributed by atoms with Crippen LogP contribution in [0.1, 0.15) is 33.0 Å². The van der Waals surface area contributed by atoms with Gasteiger partial charge in [-0.3, -0.25) is 9.48 Å². The van der Waals surface area contributed by atoms with E-state index in [4.69, 9.17) is 8.83 Å². The minimum absolute atomic E-state index is 0.0247. The molecule has 0 bridgehead atoms. The standard InChI is InChI=1S/C25H24N6O3/c1-17-22(18(2)31(28-17)16-19-7-4-3-5-8-19)24(32)29-10-12-30(13-11-29)25-20(15-26)27-23(34-25)21-9-6-14-33-21/h3-9,14H,10-13,16H2,1-2H3. The van der Waals surface area contributed by atoms with Gasteiger partial charge in [0.2, 0.25) is 11.6 Å². The largest absolute Gasteiger partial charge is 0.459 e. The Hall–Kier alpha value is -4.32. The fourth-order valence-electron chi connectivity index (χ4n) is 4.29. The van der Waals surface area contributed by atoms with Crippen molar-refractivity contribution in [3.63, 3.8) is 0 Å². The van der Waals surface area contributed by atoms with E-state index < -0.39 is 0 Å². The zero-order valence-corrected chi connectivity index (χ0v) is 19.1. The minimum atomic E-state index is -0.0247. The highest BCUT2D eigenvalue weighted by atomic mass is 16.4. The Bertz CT molecular complexity index is 1340. The molecule has 1 aliphatic rings. The molecule has 1 aromatic carbocycles. The number of carbonyl (C=O) groups is 1. The third-order valence-electron chi connectivity index (χ3n) is 6.07. The summed E-state index contributed by atoms with van der Waals surface area (Å²) >= 11 is 0. The van der Waals surface area contributed by atoms with Crippen molar-refractivity contribution in [1.82, 2.24) is 19.7 Å². The number of rotatable bonds is 5. The molecule has 9 nitrogen and oxygen atoms in total. The number of carbonyl (C=O) groups excluding carboxylic acids is 1. The van der Waals surface area contributed by atoms with E-state index in [1.54, 1.807) is 12.1 Å². The summed E-state index contributed by atoms with van der Waals surface area (Å²) < 4.78 is 13.1.